The first-order valence-electron chi connectivity index (χ1n) is 3.34. The zero-order valence-corrected chi connectivity index (χ0v) is 6.54. The summed E-state index contributed by atoms with van der Waals surface area (Å²) in [6.45, 7) is 0. The van der Waals surface area contributed by atoms with Gasteiger partial charge in [-0.05, 0) is 0 Å². The molecule has 0 spiro atoms. The molecule has 1 aromatic rings. The Bertz CT molecular complexity index is 381. The molecule has 0 saturated heterocycles. The third kappa shape index (κ3) is 1.76. The highest BCUT2D eigenvalue weighted by molar-refractivity contribution is 5.88. The van der Waals surface area contributed by atoms with Crippen molar-refractivity contribution in [3.63, 3.8) is 0 Å². The number of alkyl halides is 2. The van der Waals surface area contributed by atoms with E-state index in [9.17, 15) is 18.0 Å². The molecule has 76 valence electrons. The first-order valence-corrected chi connectivity index (χ1v) is 3.34. The van der Waals surface area contributed by atoms with E-state index in [1.54, 1.807) is 0 Å². The van der Waals surface area contributed by atoms with Crippen LogP contribution in [-0.2, 0) is 0 Å². The number of pyridine rings is 1. The number of aromatic nitrogens is 1. The van der Waals surface area contributed by atoms with Crippen LogP contribution in [0.2, 0.25) is 0 Å². The van der Waals surface area contributed by atoms with Crippen molar-refractivity contribution < 1.29 is 28.2 Å². The van der Waals surface area contributed by atoms with Gasteiger partial charge in [-0.3, -0.25) is 0 Å². The third-order valence-corrected chi connectivity index (χ3v) is 1.39. The van der Waals surface area contributed by atoms with Gasteiger partial charge in [-0.2, -0.15) is 0 Å². The fourth-order valence-electron chi connectivity index (χ4n) is 0.787. The molecule has 0 aliphatic rings. The fraction of sp³-hybridized carbons (Fsp3) is 0.143. The van der Waals surface area contributed by atoms with E-state index in [0.717, 1.165) is 0 Å². The van der Waals surface area contributed by atoms with Gasteiger partial charge in [-0.25, -0.2) is 22.9 Å². The van der Waals surface area contributed by atoms with Crippen LogP contribution in [0.5, 0.6) is 5.75 Å². The minimum absolute atomic E-state index is 0.284. The van der Waals surface area contributed by atoms with Crippen molar-refractivity contribution in [2.45, 2.75) is 6.43 Å². The van der Waals surface area contributed by atoms with Crippen molar-refractivity contribution in [1.82, 2.24) is 4.98 Å². The van der Waals surface area contributed by atoms with Gasteiger partial charge in [0.25, 0.3) is 6.43 Å². The number of carboxylic acid groups (broad SMARTS) is 1. The minimum Gasteiger partial charge on any atom is -0.503 e. The van der Waals surface area contributed by atoms with Crippen molar-refractivity contribution in [2.75, 3.05) is 0 Å². The summed E-state index contributed by atoms with van der Waals surface area (Å²) in [6.07, 6.45) is -3.09. The number of aromatic carboxylic acids is 1. The lowest BCUT2D eigenvalue weighted by Crippen LogP contribution is -2.05. The molecule has 7 heteroatoms. The lowest BCUT2D eigenvalue weighted by molar-refractivity contribution is 0.0683. The van der Waals surface area contributed by atoms with E-state index in [-0.39, 0.29) is 6.07 Å². The lowest BCUT2D eigenvalue weighted by Gasteiger charge is -2.03. The van der Waals surface area contributed by atoms with Crippen LogP contribution in [0.15, 0.2) is 6.07 Å². The Morgan fingerprint density at radius 2 is 2.07 bits per heavy atom. The zero-order valence-electron chi connectivity index (χ0n) is 6.54. The second kappa shape index (κ2) is 3.52. The van der Waals surface area contributed by atoms with Gasteiger partial charge in [0.15, 0.2) is 17.3 Å². The number of hydrogen-bond acceptors (Lipinski definition) is 3. The van der Waals surface area contributed by atoms with Crippen LogP contribution in [-0.4, -0.2) is 21.2 Å². The fourth-order valence-corrected chi connectivity index (χ4v) is 0.787. The zero-order chi connectivity index (χ0) is 10.9. The van der Waals surface area contributed by atoms with Gasteiger partial charge in [0.05, 0.1) is 0 Å². The number of aromatic hydroxyl groups is 1. The molecule has 0 atom stereocenters. The van der Waals surface area contributed by atoms with Gasteiger partial charge in [-0.15, -0.1) is 0 Å². The Balaban J connectivity index is 3.35. The predicted molar refractivity (Wildman–Crippen MR) is 37.8 cm³/mol. The van der Waals surface area contributed by atoms with E-state index in [2.05, 4.69) is 4.98 Å². The van der Waals surface area contributed by atoms with Gasteiger partial charge < -0.3 is 10.2 Å². The van der Waals surface area contributed by atoms with E-state index < -0.39 is 35.3 Å². The predicted octanol–water partition coefficient (Wildman–Crippen LogP) is 1.56. The molecule has 0 aliphatic carbocycles. The van der Waals surface area contributed by atoms with Gasteiger partial charge in [0.2, 0.25) is 0 Å². The van der Waals surface area contributed by atoms with Crippen molar-refractivity contribution in [1.29, 1.82) is 0 Å². The van der Waals surface area contributed by atoms with Crippen LogP contribution in [0.4, 0.5) is 13.2 Å². The van der Waals surface area contributed by atoms with Crippen LogP contribution in [0.25, 0.3) is 0 Å². The molecule has 4 nitrogen and oxygen atoms in total. The van der Waals surface area contributed by atoms with Crippen LogP contribution >= 0.6 is 0 Å². The third-order valence-electron chi connectivity index (χ3n) is 1.39. The summed E-state index contributed by atoms with van der Waals surface area (Å²) in [5.41, 5.74) is -2.15. The van der Waals surface area contributed by atoms with Crippen molar-refractivity contribution in [3.8, 4) is 5.75 Å². The average Bonchev–Trinajstić information content (AvgIpc) is 2.08. The number of carbonyl (C=O) groups is 1. The molecule has 0 aliphatic heterocycles. The first-order chi connectivity index (χ1) is 6.43. The molecule has 2 N–H and O–H groups in total. The molecule has 1 heterocycles. The van der Waals surface area contributed by atoms with Gasteiger partial charge in [0.1, 0.15) is 5.69 Å². The van der Waals surface area contributed by atoms with Gasteiger partial charge >= 0.3 is 5.97 Å². The Labute approximate surface area is 75.6 Å². The maximum Gasteiger partial charge on any atom is 0.358 e. The lowest BCUT2D eigenvalue weighted by atomic mass is 10.2. The van der Waals surface area contributed by atoms with Crippen molar-refractivity contribution >= 4 is 5.97 Å². The monoisotopic (exact) mass is 207 g/mol. The highest BCUT2D eigenvalue weighted by Crippen LogP contribution is 2.25. The van der Waals surface area contributed by atoms with E-state index in [0.29, 0.717) is 0 Å². The molecule has 0 unspecified atom stereocenters. The van der Waals surface area contributed by atoms with Crippen LogP contribution < -0.4 is 0 Å². The molecule has 1 rings (SSSR count). The Morgan fingerprint density at radius 3 is 2.50 bits per heavy atom. The summed E-state index contributed by atoms with van der Waals surface area (Å²) in [6, 6.07) is 0.284. The number of carboxylic acids is 1. The van der Waals surface area contributed by atoms with E-state index in [1.165, 1.54) is 0 Å². The van der Waals surface area contributed by atoms with Crippen molar-refractivity contribution in [3.05, 3.63) is 23.3 Å². The molecule has 14 heavy (non-hydrogen) atoms. The second-order valence-corrected chi connectivity index (χ2v) is 2.33. The quantitative estimate of drug-likeness (QED) is 0.771. The van der Waals surface area contributed by atoms with Gasteiger partial charge in [0, 0.05) is 6.07 Å². The summed E-state index contributed by atoms with van der Waals surface area (Å²) in [5.74, 6) is -4.46. The highest BCUT2D eigenvalue weighted by Gasteiger charge is 2.21. The maximum atomic E-state index is 12.7. The molecule has 0 bridgehead atoms. The molecular weight excluding hydrogens is 203 g/mol. The van der Waals surface area contributed by atoms with Gasteiger partial charge in [-0.1, -0.05) is 0 Å². The number of nitrogens with zero attached hydrogens (tertiary/aromatic N) is 1. The number of rotatable bonds is 2. The Hall–Kier alpha value is -1.79. The van der Waals surface area contributed by atoms with Crippen LogP contribution in [0, 0.1) is 5.82 Å². The average molecular weight is 207 g/mol. The number of halogens is 3. The summed E-state index contributed by atoms with van der Waals surface area (Å²) >= 11 is 0. The molecule has 0 fully saturated rings. The standard InChI is InChI=1S/C7H4F3NO3/c8-2-1-3(6(9)10)11-4(5(2)12)7(13)14/h1,6,12H,(H,13,14). The Morgan fingerprint density at radius 1 is 1.50 bits per heavy atom. The molecule has 0 amide bonds. The summed E-state index contributed by atoms with van der Waals surface area (Å²) in [4.78, 5) is 13.2. The van der Waals surface area contributed by atoms with Crippen LogP contribution in [0.3, 0.4) is 0 Å². The summed E-state index contributed by atoms with van der Waals surface area (Å²) in [7, 11) is 0. The Kier molecular flexibility index (Phi) is 2.59. The summed E-state index contributed by atoms with van der Waals surface area (Å²) < 4.78 is 36.7. The van der Waals surface area contributed by atoms with Crippen molar-refractivity contribution in [2.24, 2.45) is 0 Å². The first kappa shape index (κ1) is 10.3. The number of hydrogen-bond donors (Lipinski definition) is 2. The highest BCUT2D eigenvalue weighted by atomic mass is 19.3. The van der Waals surface area contributed by atoms with Crippen LogP contribution in [0.1, 0.15) is 22.6 Å². The molecular formula is C7H4F3NO3. The molecule has 1 aromatic heterocycles. The minimum atomic E-state index is -3.09. The summed E-state index contributed by atoms with van der Waals surface area (Å²) in [5, 5.41) is 17.2. The van der Waals surface area contributed by atoms with E-state index >= 15 is 0 Å². The van der Waals surface area contributed by atoms with E-state index in [4.69, 9.17) is 10.2 Å². The second-order valence-electron chi connectivity index (χ2n) is 2.33. The smallest absolute Gasteiger partial charge is 0.358 e. The molecule has 0 aromatic carbocycles. The SMILES string of the molecule is O=C(O)c1nc(C(F)F)cc(F)c1O. The largest absolute Gasteiger partial charge is 0.503 e. The normalized spacial score (nSPS) is 10.6. The molecule has 0 radical (unpaired) electrons. The maximum absolute atomic E-state index is 12.7. The molecule has 0 saturated carbocycles. The topological polar surface area (TPSA) is 70.4 Å². The van der Waals surface area contributed by atoms with E-state index in [1.807, 2.05) is 0 Å².